The number of nitrogens with one attached hydrogen (secondary N) is 1. The van der Waals surface area contributed by atoms with E-state index in [4.69, 9.17) is 10.5 Å². The predicted octanol–water partition coefficient (Wildman–Crippen LogP) is 3.00. The smallest absolute Gasteiger partial charge is 0.282 e. The third-order valence-electron chi connectivity index (χ3n) is 2.99. The maximum atomic E-state index is 11.5. The highest BCUT2D eigenvalue weighted by atomic mass is 32.2. The van der Waals surface area contributed by atoms with Crippen molar-refractivity contribution in [2.24, 2.45) is 5.41 Å². The molecule has 0 radical (unpaired) electrons. The molecular weight excluding hydrogens is 272 g/mol. The lowest BCUT2D eigenvalue weighted by Crippen LogP contribution is -2.29. The summed E-state index contributed by atoms with van der Waals surface area (Å²) in [5, 5.41) is 29.8. The molecule has 0 heterocycles. The molecule has 1 aliphatic carbocycles. The maximum Gasteiger partial charge on any atom is 0.282 e. The molecule has 102 valence electrons. The molecule has 1 aliphatic rings. The molecule has 1 rings (SSSR count). The molecule has 5 nitrogen and oxygen atoms in total. The molecule has 0 saturated carbocycles. The van der Waals surface area contributed by atoms with Crippen molar-refractivity contribution in [3.05, 3.63) is 22.4 Å². The predicted molar refractivity (Wildman–Crippen MR) is 76.0 cm³/mol. The van der Waals surface area contributed by atoms with E-state index >= 15 is 0 Å². The SMILES string of the molecule is CSC(=O)NC1=C(C#N)C(=C(C#N)C#N)CC(C)(C)C1. The van der Waals surface area contributed by atoms with Gasteiger partial charge in [-0.1, -0.05) is 25.6 Å². The van der Waals surface area contributed by atoms with Gasteiger partial charge in [0.25, 0.3) is 5.24 Å². The van der Waals surface area contributed by atoms with Crippen LogP contribution in [0.15, 0.2) is 22.4 Å². The van der Waals surface area contributed by atoms with E-state index in [9.17, 15) is 10.1 Å². The first-order chi connectivity index (χ1) is 9.38. The summed E-state index contributed by atoms with van der Waals surface area (Å²) >= 11 is 1.01. The molecule has 0 aliphatic heterocycles. The Hall–Kier alpha value is -2.23. The van der Waals surface area contributed by atoms with Crippen LogP contribution in [0.4, 0.5) is 4.79 Å². The van der Waals surface area contributed by atoms with Crippen molar-refractivity contribution < 1.29 is 4.79 Å². The zero-order chi connectivity index (χ0) is 15.3. The summed E-state index contributed by atoms with van der Waals surface area (Å²) in [7, 11) is 0. The highest BCUT2D eigenvalue weighted by molar-refractivity contribution is 8.12. The molecule has 0 atom stereocenters. The minimum atomic E-state index is -0.264. The van der Waals surface area contributed by atoms with Crippen molar-refractivity contribution in [1.29, 1.82) is 15.8 Å². The number of amides is 1. The van der Waals surface area contributed by atoms with Gasteiger partial charge in [-0.15, -0.1) is 0 Å². The second kappa shape index (κ2) is 6.28. The molecule has 0 spiro atoms. The van der Waals surface area contributed by atoms with Gasteiger partial charge < -0.3 is 5.32 Å². The van der Waals surface area contributed by atoms with Gasteiger partial charge in [-0.25, -0.2) is 0 Å². The molecule has 0 aromatic heterocycles. The number of nitrogens with zero attached hydrogens (tertiary/aromatic N) is 3. The Labute approximate surface area is 122 Å². The van der Waals surface area contributed by atoms with Crippen molar-refractivity contribution >= 4 is 17.0 Å². The number of nitriles is 3. The highest BCUT2D eigenvalue weighted by Gasteiger charge is 2.33. The summed E-state index contributed by atoms with van der Waals surface area (Å²) in [5.41, 5.74) is 0.858. The number of hydrogen-bond donors (Lipinski definition) is 1. The van der Waals surface area contributed by atoms with E-state index in [1.165, 1.54) is 0 Å². The third kappa shape index (κ3) is 3.41. The van der Waals surface area contributed by atoms with Crippen LogP contribution < -0.4 is 5.32 Å². The fraction of sp³-hybridized carbons (Fsp3) is 0.429. The number of rotatable bonds is 1. The fourth-order valence-electron chi connectivity index (χ4n) is 2.17. The van der Waals surface area contributed by atoms with Gasteiger partial charge in [0.05, 0.1) is 5.57 Å². The zero-order valence-electron chi connectivity index (χ0n) is 11.6. The van der Waals surface area contributed by atoms with Crippen LogP contribution in [0.2, 0.25) is 0 Å². The van der Waals surface area contributed by atoms with Crippen LogP contribution in [0.25, 0.3) is 0 Å². The fourth-order valence-corrected chi connectivity index (χ4v) is 2.39. The van der Waals surface area contributed by atoms with Gasteiger partial charge in [-0.3, -0.25) is 4.79 Å². The molecule has 1 amide bonds. The van der Waals surface area contributed by atoms with Crippen LogP contribution >= 0.6 is 11.8 Å². The summed E-state index contributed by atoms with van der Waals surface area (Å²) in [4.78, 5) is 11.5. The molecule has 0 fully saturated rings. The van der Waals surface area contributed by atoms with Crippen molar-refractivity contribution in [3.8, 4) is 18.2 Å². The van der Waals surface area contributed by atoms with E-state index < -0.39 is 0 Å². The lowest BCUT2D eigenvalue weighted by atomic mass is 9.73. The second-order valence-electron chi connectivity index (χ2n) is 5.18. The Morgan fingerprint density at radius 2 is 1.85 bits per heavy atom. The Bertz CT molecular complexity index is 607. The largest absolute Gasteiger partial charge is 0.319 e. The van der Waals surface area contributed by atoms with Gasteiger partial charge >= 0.3 is 0 Å². The number of carbonyl (C=O) groups excluding carboxylic acids is 1. The van der Waals surface area contributed by atoms with Crippen molar-refractivity contribution in [1.82, 2.24) is 5.32 Å². The third-order valence-corrected chi connectivity index (χ3v) is 3.46. The molecule has 0 aromatic carbocycles. The summed E-state index contributed by atoms with van der Waals surface area (Å²) in [6, 6.07) is 5.67. The second-order valence-corrected chi connectivity index (χ2v) is 5.96. The van der Waals surface area contributed by atoms with Crippen molar-refractivity contribution in [2.45, 2.75) is 26.7 Å². The van der Waals surface area contributed by atoms with E-state index in [0.29, 0.717) is 24.1 Å². The van der Waals surface area contributed by atoms with Crippen LogP contribution in [-0.2, 0) is 0 Å². The topological polar surface area (TPSA) is 100 Å². The Morgan fingerprint density at radius 3 is 2.30 bits per heavy atom. The molecule has 0 unspecified atom stereocenters. The monoisotopic (exact) mass is 286 g/mol. The molecule has 0 aromatic rings. The van der Waals surface area contributed by atoms with Crippen LogP contribution in [-0.4, -0.2) is 11.5 Å². The average molecular weight is 286 g/mol. The van der Waals surface area contributed by atoms with E-state index in [1.54, 1.807) is 6.26 Å². The first-order valence-corrected chi connectivity index (χ1v) is 7.13. The summed E-state index contributed by atoms with van der Waals surface area (Å²) in [6.07, 6.45) is 2.63. The number of hydrogen-bond acceptors (Lipinski definition) is 5. The van der Waals surface area contributed by atoms with Gasteiger partial charge in [-0.2, -0.15) is 15.8 Å². The molecule has 1 N–H and O–H groups in total. The maximum absolute atomic E-state index is 11.5. The van der Waals surface area contributed by atoms with Crippen LogP contribution in [0.5, 0.6) is 0 Å². The summed E-state index contributed by atoms with van der Waals surface area (Å²) in [5.74, 6) is 0. The number of thioether (sulfide) groups is 1. The van der Waals surface area contributed by atoms with Crippen LogP contribution in [0, 0.1) is 39.4 Å². The average Bonchev–Trinajstić information content (AvgIpc) is 2.38. The van der Waals surface area contributed by atoms with Crippen LogP contribution in [0.1, 0.15) is 26.7 Å². The molecular formula is C14H14N4OS. The summed E-state index contributed by atoms with van der Waals surface area (Å²) < 4.78 is 0. The lowest BCUT2D eigenvalue weighted by molar-refractivity contribution is 0.260. The summed E-state index contributed by atoms with van der Waals surface area (Å²) in [6.45, 7) is 3.94. The standard InChI is InChI=1S/C14H14N4OS/c1-14(2)4-10(9(6-15)7-16)11(8-17)12(5-14)18-13(19)20-3/h4-5H2,1-3H3,(H,18,19). The first-order valence-electron chi connectivity index (χ1n) is 5.90. The van der Waals surface area contributed by atoms with Crippen molar-refractivity contribution in [3.63, 3.8) is 0 Å². The van der Waals surface area contributed by atoms with Crippen molar-refractivity contribution in [2.75, 3.05) is 6.26 Å². The minimum absolute atomic E-state index is 0.0646. The Balaban J connectivity index is 3.47. The molecule has 20 heavy (non-hydrogen) atoms. The molecule has 6 heteroatoms. The van der Waals surface area contributed by atoms with Gasteiger partial charge in [0, 0.05) is 11.3 Å². The normalized spacial score (nSPS) is 16.7. The quantitative estimate of drug-likeness (QED) is 0.747. The zero-order valence-corrected chi connectivity index (χ0v) is 12.4. The van der Waals surface area contributed by atoms with E-state index in [2.05, 4.69) is 5.32 Å². The minimum Gasteiger partial charge on any atom is -0.319 e. The molecule has 0 bridgehead atoms. The molecule has 0 saturated heterocycles. The Morgan fingerprint density at radius 1 is 1.25 bits per heavy atom. The van der Waals surface area contributed by atoms with Gasteiger partial charge in [0.2, 0.25) is 0 Å². The van der Waals surface area contributed by atoms with E-state index in [-0.39, 0.29) is 21.8 Å². The number of allylic oxidation sites excluding steroid dienone is 4. The van der Waals surface area contributed by atoms with Crippen LogP contribution in [0.3, 0.4) is 0 Å². The van der Waals surface area contributed by atoms with Gasteiger partial charge in [0.15, 0.2) is 0 Å². The van der Waals surface area contributed by atoms with E-state index in [1.807, 2.05) is 32.1 Å². The van der Waals surface area contributed by atoms with E-state index in [0.717, 1.165) is 11.8 Å². The number of carbonyl (C=O) groups is 1. The highest BCUT2D eigenvalue weighted by Crippen LogP contribution is 2.42. The Kier molecular flexibility index (Phi) is 4.97. The first kappa shape index (κ1) is 15.8. The van der Waals surface area contributed by atoms with Gasteiger partial charge in [0.1, 0.15) is 23.8 Å². The van der Waals surface area contributed by atoms with Gasteiger partial charge in [-0.05, 0) is 24.5 Å². The lowest BCUT2D eigenvalue weighted by Gasteiger charge is -2.33.